The normalized spacial score (nSPS) is 9.61. The van der Waals surface area contributed by atoms with Crippen LogP contribution in [0, 0.1) is 13.8 Å². The van der Waals surface area contributed by atoms with E-state index < -0.39 is 0 Å². The summed E-state index contributed by atoms with van der Waals surface area (Å²) in [4.78, 5) is 0. The molecule has 125 valence electrons. The van der Waals surface area contributed by atoms with Gasteiger partial charge in [0.15, 0.2) is 0 Å². The number of aryl methyl sites for hydroxylation is 2. The van der Waals surface area contributed by atoms with Crippen molar-refractivity contribution in [2.75, 3.05) is 0 Å². The van der Waals surface area contributed by atoms with Crippen LogP contribution < -0.4 is 0 Å². The minimum atomic E-state index is 0. The first-order chi connectivity index (χ1) is 10.2. The van der Waals surface area contributed by atoms with Crippen molar-refractivity contribution in [2.45, 2.75) is 55.9 Å². The summed E-state index contributed by atoms with van der Waals surface area (Å²) in [6.45, 7) is 14.4. The van der Waals surface area contributed by atoms with Gasteiger partial charge in [-0.1, -0.05) is 88.7 Å². The van der Waals surface area contributed by atoms with Gasteiger partial charge in [-0.3, -0.25) is 0 Å². The third kappa shape index (κ3) is 4.87. The fourth-order valence-corrected chi connectivity index (χ4v) is 2.69. The summed E-state index contributed by atoms with van der Waals surface area (Å²) in [5.74, 6) is 0. The van der Waals surface area contributed by atoms with E-state index in [1.165, 1.54) is 39.0 Å². The van der Waals surface area contributed by atoms with E-state index in [0.29, 0.717) is 0 Å². The summed E-state index contributed by atoms with van der Waals surface area (Å²) in [7, 11) is 0. The van der Waals surface area contributed by atoms with Crippen molar-refractivity contribution in [1.82, 2.24) is 0 Å². The molecular formula is C22H32V. The Morgan fingerprint density at radius 3 is 1.30 bits per heavy atom. The molecule has 23 heavy (non-hydrogen) atoms. The van der Waals surface area contributed by atoms with Crippen LogP contribution in [0.5, 0.6) is 0 Å². The van der Waals surface area contributed by atoms with Gasteiger partial charge in [0.05, 0.1) is 0 Å². The Kier molecular flexibility index (Phi) is 11.8. The van der Waals surface area contributed by atoms with E-state index in [4.69, 9.17) is 0 Å². The van der Waals surface area contributed by atoms with Gasteiger partial charge in [0.1, 0.15) is 0 Å². The Bertz CT molecular complexity index is 583. The third-order valence-corrected chi connectivity index (χ3v) is 3.51. The van der Waals surface area contributed by atoms with Crippen LogP contribution in [-0.2, 0) is 18.6 Å². The zero-order chi connectivity index (χ0) is 16.0. The molecule has 0 fully saturated rings. The van der Waals surface area contributed by atoms with Crippen molar-refractivity contribution < 1.29 is 18.6 Å². The van der Waals surface area contributed by atoms with Crippen molar-refractivity contribution in [3.8, 4) is 11.1 Å². The molecule has 0 saturated carbocycles. The van der Waals surface area contributed by atoms with Crippen LogP contribution >= 0.6 is 0 Å². The molecule has 0 saturated heterocycles. The van der Waals surface area contributed by atoms with Crippen LogP contribution in [0.15, 0.2) is 42.5 Å². The maximum atomic E-state index is 2.29. The molecule has 0 atom stereocenters. The Hall–Kier alpha value is -1.24. The van der Waals surface area contributed by atoms with Gasteiger partial charge in [-0.25, -0.2) is 0 Å². The molecule has 1 aliphatic rings. The van der Waals surface area contributed by atoms with Gasteiger partial charge in [0.2, 0.25) is 0 Å². The van der Waals surface area contributed by atoms with E-state index in [9.17, 15) is 0 Å². The van der Waals surface area contributed by atoms with E-state index in [1.807, 2.05) is 27.7 Å². The maximum Gasteiger partial charge on any atom is 0 e. The quantitative estimate of drug-likeness (QED) is 0.397. The second kappa shape index (κ2) is 11.3. The standard InChI is InChI=1S/C17H16.2C2H6.CH4.V/c1-4-13-16-9-11(2)5-7-14(16)15-8-6-12(3)10-17(13)15;2*1-2;;/h4-10H,1-3H3;2*1-2H3;1H4;. The van der Waals surface area contributed by atoms with Crippen LogP contribution in [0.1, 0.15) is 64.3 Å². The van der Waals surface area contributed by atoms with Crippen LogP contribution in [-0.4, -0.2) is 0 Å². The first-order valence-electron chi connectivity index (χ1n) is 8.09. The summed E-state index contributed by atoms with van der Waals surface area (Å²) in [6.07, 6.45) is 2.23. The van der Waals surface area contributed by atoms with E-state index in [-0.39, 0.29) is 26.0 Å². The van der Waals surface area contributed by atoms with Crippen molar-refractivity contribution in [3.63, 3.8) is 0 Å². The number of hydrogen-bond donors (Lipinski definition) is 0. The van der Waals surface area contributed by atoms with Gasteiger partial charge in [-0.2, -0.15) is 0 Å². The molecule has 1 aliphatic carbocycles. The Labute approximate surface area is 155 Å². The van der Waals surface area contributed by atoms with E-state index >= 15 is 0 Å². The van der Waals surface area contributed by atoms with Crippen LogP contribution in [0.2, 0.25) is 0 Å². The molecule has 0 aliphatic heterocycles. The van der Waals surface area contributed by atoms with E-state index in [2.05, 4.69) is 63.2 Å². The molecule has 0 nitrogen and oxygen atoms in total. The summed E-state index contributed by atoms with van der Waals surface area (Å²) in [5, 5.41) is 0. The van der Waals surface area contributed by atoms with Crippen LogP contribution in [0.4, 0.5) is 0 Å². The molecule has 0 N–H and O–H groups in total. The maximum absolute atomic E-state index is 2.29. The molecule has 1 heteroatoms. The molecule has 0 bridgehead atoms. The Morgan fingerprint density at radius 1 is 0.652 bits per heavy atom. The van der Waals surface area contributed by atoms with Crippen LogP contribution in [0.3, 0.4) is 0 Å². The smallest absolute Gasteiger partial charge is 0 e. The van der Waals surface area contributed by atoms with E-state index in [0.717, 1.165) is 0 Å². The number of allylic oxidation sites excluding steroid dienone is 1. The van der Waals surface area contributed by atoms with Gasteiger partial charge in [-0.15, -0.1) is 0 Å². The number of hydrogen-bond acceptors (Lipinski definition) is 0. The number of fused-ring (bicyclic) bond motifs is 3. The van der Waals surface area contributed by atoms with Gasteiger partial charge < -0.3 is 0 Å². The summed E-state index contributed by atoms with van der Waals surface area (Å²) >= 11 is 0. The summed E-state index contributed by atoms with van der Waals surface area (Å²) in [6, 6.07) is 13.5. The molecule has 2 aromatic rings. The fraction of sp³-hybridized carbons (Fsp3) is 0.364. The monoisotopic (exact) mass is 347 g/mol. The second-order valence-electron chi connectivity index (χ2n) is 4.80. The molecule has 0 heterocycles. The SMILES string of the molecule is C.CC.CC.CC=C1c2cc(C)ccc2-c2ccc(C)cc21.[V]. The average Bonchev–Trinajstić information content (AvgIpc) is 2.83. The Morgan fingerprint density at radius 2 is 1.00 bits per heavy atom. The molecule has 0 unspecified atom stereocenters. The van der Waals surface area contributed by atoms with Crippen molar-refractivity contribution in [1.29, 1.82) is 0 Å². The predicted octanol–water partition coefficient (Wildman–Crippen LogP) is 7.42. The van der Waals surface area contributed by atoms with Gasteiger partial charge >= 0.3 is 0 Å². The van der Waals surface area contributed by atoms with Gasteiger partial charge in [0.25, 0.3) is 0 Å². The summed E-state index contributed by atoms with van der Waals surface area (Å²) < 4.78 is 0. The number of benzene rings is 2. The molecular weight excluding hydrogens is 315 g/mol. The van der Waals surface area contributed by atoms with Crippen molar-refractivity contribution in [2.24, 2.45) is 0 Å². The minimum Gasteiger partial charge on any atom is -0.0791 e. The summed E-state index contributed by atoms with van der Waals surface area (Å²) in [5.41, 5.74) is 9.54. The molecule has 0 aromatic heterocycles. The predicted molar refractivity (Wildman–Crippen MR) is 104 cm³/mol. The second-order valence-corrected chi connectivity index (χ2v) is 4.80. The molecule has 3 rings (SSSR count). The Balaban J connectivity index is 0. The van der Waals surface area contributed by atoms with Gasteiger partial charge in [-0.05, 0) is 48.6 Å². The molecule has 0 spiro atoms. The van der Waals surface area contributed by atoms with Gasteiger partial charge in [0, 0.05) is 18.6 Å². The number of rotatable bonds is 0. The topological polar surface area (TPSA) is 0 Å². The largest absolute Gasteiger partial charge is 0.0791 e. The molecule has 2 aromatic carbocycles. The fourth-order valence-electron chi connectivity index (χ4n) is 2.69. The first kappa shape index (κ1) is 24.0. The van der Waals surface area contributed by atoms with Crippen molar-refractivity contribution in [3.05, 3.63) is 64.7 Å². The van der Waals surface area contributed by atoms with Crippen molar-refractivity contribution >= 4 is 5.57 Å². The zero-order valence-corrected chi connectivity index (χ0v) is 16.4. The van der Waals surface area contributed by atoms with E-state index in [1.54, 1.807) is 0 Å². The molecule has 0 amide bonds. The molecule has 1 radical (unpaired) electrons. The minimum absolute atomic E-state index is 0. The average molecular weight is 347 g/mol. The zero-order valence-electron chi connectivity index (χ0n) is 15.0. The van der Waals surface area contributed by atoms with Crippen LogP contribution in [0.25, 0.3) is 16.7 Å². The third-order valence-electron chi connectivity index (χ3n) is 3.51. The first-order valence-corrected chi connectivity index (χ1v) is 8.09.